The number of carbonyl (C=O) groups is 1. The second-order valence-electron chi connectivity index (χ2n) is 14.5. The fraction of sp³-hybridized carbons (Fsp3) is 0.639. The fourth-order valence-electron chi connectivity index (χ4n) is 7.73. The molecule has 0 radical (unpaired) electrons. The van der Waals surface area contributed by atoms with Gasteiger partial charge in [-0.3, -0.25) is 4.90 Å². The lowest BCUT2D eigenvalue weighted by molar-refractivity contribution is -0.0907. The number of nitrogens with one attached hydrogen (secondary N) is 2. The number of amides is 1. The van der Waals surface area contributed by atoms with Gasteiger partial charge in [-0.05, 0) is 61.8 Å². The molecule has 6 atom stereocenters. The van der Waals surface area contributed by atoms with E-state index in [1.165, 1.54) is 36.1 Å². The van der Waals surface area contributed by atoms with Crippen molar-refractivity contribution in [2.45, 2.75) is 100 Å². The van der Waals surface area contributed by atoms with E-state index in [9.17, 15) is 18.3 Å². The molecule has 3 aliphatic heterocycles. The van der Waals surface area contributed by atoms with Crippen LogP contribution in [0.2, 0.25) is 0 Å². The SMILES string of the molecule is CC(C)CN(C[C@@H](O)[C@H](Cc1ccccc1)NC(=O)O[C@H]1CO[C@H]2OCC[C@H]21)S(=O)(=O)c1ccc(N)c(NC2CCN(C3CCCC3)C2)c1. The Hall–Kier alpha value is -2.94. The third kappa shape index (κ3) is 8.87. The maximum atomic E-state index is 14.3. The van der Waals surface area contributed by atoms with Crippen molar-refractivity contribution in [1.29, 1.82) is 0 Å². The van der Waals surface area contributed by atoms with Crippen molar-refractivity contribution >= 4 is 27.5 Å². The van der Waals surface area contributed by atoms with Gasteiger partial charge < -0.3 is 35.7 Å². The lowest BCUT2D eigenvalue weighted by Crippen LogP contribution is -2.51. The smallest absolute Gasteiger partial charge is 0.407 e. The molecule has 4 fully saturated rings. The van der Waals surface area contributed by atoms with Crippen LogP contribution in [0.4, 0.5) is 16.2 Å². The first-order chi connectivity index (χ1) is 23.6. The Balaban J connectivity index is 1.16. The summed E-state index contributed by atoms with van der Waals surface area (Å²) in [7, 11) is -4.06. The Morgan fingerprint density at radius 3 is 2.61 bits per heavy atom. The highest BCUT2D eigenvalue weighted by atomic mass is 32.2. The number of nitrogen functional groups attached to an aromatic ring is 1. The second kappa shape index (κ2) is 15.9. The van der Waals surface area contributed by atoms with Crippen molar-refractivity contribution in [3.05, 3.63) is 54.1 Å². The molecule has 3 heterocycles. The summed E-state index contributed by atoms with van der Waals surface area (Å²) in [5.41, 5.74) is 8.33. The molecule has 1 amide bonds. The number of sulfonamides is 1. The Morgan fingerprint density at radius 2 is 1.86 bits per heavy atom. The lowest BCUT2D eigenvalue weighted by atomic mass is 10.0. The summed E-state index contributed by atoms with van der Waals surface area (Å²) in [5, 5.41) is 18.0. The molecule has 0 aromatic heterocycles. The van der Waals surface area contributed by atoms with Crippen molar-refractivity contribution in [2.75, 3.05) is 50.4 Å². The number of likely N-dealkylation sites (tertiary alicyclic amines) is 1. The number of alkyl carbamates (subject to hydrolysis) is 1. The number of nitrogens with zero attached hydrogens (tertiary/aromatic N) is 2. The molecule has 6 rings (SSSR count). The number of fused-ring (bicyclic) bond motifs is 1. The number of anilines is 2. The van der Waals surface area contributed by atoms with Crippen molar-refractivity contribution in [1.82, 2.24) is 14.5 Å². The number of ether oxygens (including phenoxy) is 3. The summed E-state index contributed by atoms with van der Waals surface area (Å²) in [6.07, 6.45) is 4.29. The minimum Gasteiger partial charge on any atom is -0.443 e. The predicted octanol–water partition coefficient (Wildman–Crippen LogP) is 3.80. The van der Waals surface area contributed by atoms with E-state index in [1.54, 1.807) is 12.1 Å². The first-order valence-electron chi connectivity index (χ1n) is 17.9. The summed E-state index contributed by atoms with van der Waals surface area (Å²) >= 11 is 0. The van der Waals surface area contributed by atoms with Gasteiger partial charge in [0.25, 0.3) is 0 Å². The van der Waals surface area contributed by atoms with Gasteiger partial charge >= 0.3 is 6.09 Å². The molecule has 3 saturated heterocycles. The minimum atomic E-state index is -4.06. The van der Waals surface area contributed by atoms with Gasteiger partial charge in [0.05, 0.1) is 47.5 Å². The number of benzene rings is 2. The molecular formula is C36H53N5O7S. The highest BCUT2D eigenvalue weighted by Crippen LogP contribution is 2.33. The van der Waals surface area contributed by atoms with Gasteiger partial charge in [0.2, 0.25) is 10.0 Å². The van der Waals surface area contributed by atoms with Gasteiger partial charge in [0.15, 0.2) is 6.29 Å². The van der Waals surface area contributed by atoms with E-state index >= 15 is 0 Å². The minimum absolute atomic E-state index is 0.0251. The molecule has 4 aliphatic rings. The number of rotatable bonds is 14. The van der Waals surface area contributed by atoms with Gasteiger partial charge in [-0.1, -0.05) is 57.0 Å². The summed E-state index contributed by atoms with van der Waals surface area (Å²) < 4.78 is 46.8. The third-order valence-corrected chi connectivity index (χ3v) is 12.2. The van der Waals surface area contributed by atoms with Crippen molar-refractivity contribution in [2.24, 2.45) is 11.8 Å². The first-order valence-corrected chi connectivity index (χ1v) is 19.3. The first kappa shape index (κ1) is 35.9. The summed E-state index contributed by atoms with van der Waals surface area (Å²) in [6.45, 7) is 6.55. The van der Waals surface area contributed by atoms with E-state index in [0.29, 0.717) is 24.0 Å². The standard InChI is InChI=1S/C36H53N5O7S/c1-24(2)20-41(49(44,45)28-12-13-30(37)31(19-28)38-26-14-16-40(21-26)27-10-6-7-11-27)22-33(42)32(18-25-8-4-3-5-9-25)39-36(43)48-34-23-47-35-29(34)15-17-46-35/h3-5,8-9,12-13,19,24,26-27,29,32-35,38,42H,6-7,10-11,14-18,20-23,37H2,1-2H3,(H,39,43)/t26?,29-,32-,33+,34-,35+/m0/s1. The normalized spacial score (nSPS) is 25.9. The van der Waals surface area contributed by atoms with Crippen LogP contribution in [0.5, 0.6) is 0 Å². The van der Waals surface area contributed by atoms with Gasteiger partial charge in [-0.15, -0.1) is 0 Å². The Labute approximate surface area is 290 Å². The summed E-state index contributed by atoms with van der Waals surface area (Å²) in [4.78, 5) is 15.8. The zero-order chi connectivity index (χ0) is 34.5. The van der Waals surface area contributed by atoms with Gasteiger partial charge in [-0.2, -0.15) is 4.31 Å². The average molecular weight is 700 g/mol. The molecule has 13 heteroatoms. The van der Waals surface area contributed by atoms with Crippen LogP contribution in [0.15, 0.2) is 53.4 Å². The van der Waals surface area contributed by atoms with Crippen LogP contribution >= 0.6 is 0 Å². The molecule has 0 spiro atoms. The van der Waals surface area contributed by atoms with Gasteiger partial charge in [0, 0.05) is 38.3 Å². The number of hydrogen-bond acceptors (Lipinski definition) is 10. The molecular weight excluding hydrogens is 646 g/mol. The Bertz CT molecular complexity index is 1510. The molecule has 1 saturated carbocycles. The molecule has 0 bridgehead atoms. The second-order valence-corrected chi connectivity index (χ2v) is 16.4. The van der Waals surface area contributed by atoms with Gasteiger partial charge in [0.1, 0.15) is 6.10 Å². The van der Waals surface area contributed by atoms with E-state index in [0.717, 1.165) is 31.5 Å². The number of nitrogens with two attached hydrogens (primary N) is 1. The lowest BCUT2D eigenvalue weighted by Gasteiger charge is -2.31. The van der Waals surface area contributed by atoms with E-state index in [2.05, 4.69) is 15.5 Å². The molecule has 5 N–H and O–H groups in total. The van der Waals surface area contributed by atoms with E-state index in [-0.39, 0.29) is 55.2 Å². The third-order valence-electron chi connectivity index (χ3n) is 10.4. The van der Waals surface area contributed by atoms with Crippen LogP contribution in [0.3, 0.4) is 0 Å². The highest BCUT2D eigenvalue weighted by molar-refractivity contribution is 7.89. The zero-order valence-electron chi connectivity index (χ0n) is 28.7. The van der Waals surface area contributed by atoms with Crippen molar-refractivity contribution < 1.29 is 32.5 Å². The number of aliphatic hydroxyl groups excluding tert-OH is 1. The Morgan fingerprint density at radius 1 is 1.08 bits per heavy atom. The van der Waals surface area contributed by atoms with E-state index in [1.807, 2.05) is 44.2 Å². The molecule has 1 aliphatic carbocycles. The van der Waals surface area contributed by atoms with Gasteiger partial charge in [-0.25, -0.2) is 13.2 Å². The molecule has 1 unspecified atom stereocenters. The van der Waals surface area contributed by atoms with Crippen molar-refractivity contribution in [3.63, 3.8) is 0 Å². The van der Waals surface area contributed by atoms with Crippen LogP contribution in [-0.2, 0) is 30.7 Å². The average Bonchev–Trinajstić information content (AvgIpc) is 3.89. The molecule has 2 aromatic carbocycles. The van der Waals surface area contributed by atoms with E-state index < -0.39 is 34.4 Å². The zero-order valence-corrected chi connectivity index (χ0v) is 29.5. The maximum absolute atomic E-state index is 14.3. The van der Waals surface area contributed by atoms with Crippen LogP contribution in [0.1, 0.15) is 57.9 Å². The quantitative estimate of drug-likeness (QED) is 0.214. The molecule has 12 nitrogen and oxygen atoms in total. The van der Waals surface area contributed by atoms with Crippen LogP contribution in [0.25, 0.3) is 0 Å². The Kier molecular flexibility index (Phi) is 11.7. The van der Waals surface area contributed by atoms with Crippen LogP contribution in [0, 0.1) is 11.8 Å². The maximum Gasteiger partial charge on any atom is 0.407 e. The monoisotopic (exact) mass is 699 g/mol. The molecule has 270 valence electrons. The molecule has 49 heavy (non-hydrogen) atoms. The number of aliphatic hydroxyl groups is 1. The highest BCUT2D eigenvalue weighted by Gasteiger charge is 2.44. The number of carbonyl (C=O) groups excluding carboxylic acids is 1. The fourth-order valence-corrected chi connectivity index (χ4v) is 9.38. The largest absolute Gasteiger partial charge is 0.443 e. The topological polar surface area (TPSA) is 156 Å². The van der Waals surface area contributed by atoms with Crippen molar-refractivity contribution in [3.8, 4) is 0 Å². The van der Waals surface area contributed by atoms with E-state index in [4.69, 9.17) is 19.9 Å². The molecule has 2 aromatic rings. The van der Waals surface area contributed by atoms with Crippen LogP contribution < -0.4 is 16.4 Å². The summed E-state index contributed by atoms with van der Waals surface area (Å²) in [6, 6.07) is 14.2. The van der Waals surface area contributed by atoms with Crippen LogP contribution in [-0.4, -0.2) is 105 Å². The predicted molar refractivity (Wildman–Crippen MR) is 187 cm³/mol. The summed E-state index contributed by atoms with van der Waals surface area (Å²) in [5.74, 6) is -0.0584. The number of hydrogen-bond donors (Lipinski definition) is 4.